The maximum absolute atomic E-state index is 2.46. The lowest BCUT2D eigenvalue weighted by molar-refractivity contribution is 1.18. The molecule has 0 fully saturated rings. The van der Waals surface area contributed by atoms with E-state index in [0.717, 1.165) is 5.69 Å². The van der Waals surface area contributed by atoms with Gasteiger partial charge in [-0.1, -0.05) is 158 Å². The van der Waals surface area contributed by atoms with Crippen molar-refractivity contribution in [3.05, 3.63) is 200 Å². The molecule has 0 bridgehead atoms. The van der Waals surface area contributed by atoms with Gasteiger partial charge in [0.25, 0.3) is 0 Å². The summed E-state index contributed by atoms with van der Waals surface area (Å²) in [6, 6.07) is 74.2. The molecule has 12 rings (SSSR count). The molecule has 0 saturated carbocycles. The van der Waals surface area contributed by atoms with Crippen molar-refractivity contribution in [2.45, 2.75) is 0 Å². The van der Waals surface area contributed by atoms with E-state index in [4.69, 9.17) is 0 Å². The summed E-state index contributed by atoms with van der Waals surface area (Å²) in [5.41, 5.74) is 8.43. The van der Waals surface area contributed by atoms with Crippen LogP contribution in [-0.2, 0) is 0 Å². The van der Waals surface area contributed by atoms with E-state index in [1.165, 1.54) is 109 Å². The van der Waals surface area contributed by atoms with Gasteiger partial charge in [0.05, 0.1) is 11.0 Å². The van der Waals surface area contributed by atoms with Crippen LogP contribution in [-0.4, -0.2) is 4.57 Å². The Hall–Kier alpha value is -7.22. The predicted octanol–water partition coefficient (Wildman–Crippen LogP) is 15.0. The van der Waals surface area contributed by atoms with E-state index in [2.05, 4.69) is 205 Å². The Morgan fingerprint density at radius 1 is 0.236 bits per heavy atom. The number of hydrogen-bond acceptors (Lipinski definition) is 0. The molecule has 0 radical (unpaired) electrons. The number of para-hydroxylation sites is 2. The van der Waals surface area contributed by atoms with Gasteiger partial charge in [0.1, 0.15) is 0 Å². The van der Waals surface area contributed by atoms with Crippen LogP contribution in [0.15, 0.2) is 200 Å². The number of nitrogens with zero attached hydrogens (tertiary/aromatic N) is 1. The zero-order chi connectivity index (χ0) is 36.0. The molecule has 0 aliphatic carbocycles. The van der Waals surface area contributed by atoms with Gasteiger partial charge in [0.2, 0.25) is 0 Å². The highest BCUT2D eigenvalue weighted by molar-refractivity contribution is 6.27. The molecule has 1 heteroatoms. The molecule has 11 aromatic carbocycles. The zero-order valence-corrected chi connectivity index (χ0v) is 30.0. The topological polar surface area (TPSA) is 4.93 Å². The second-order valence-electron chi connectivity index (χ2n) is 14.8. The minimum absolute atomic E-state index is 1.16. The van der Waals surface area contributed by atoms with Crippen LogP contribution in [0.3, 0.4) is 0 Å². The number of hydrogen-bond donors (Lipinski definition) is 0. The molecule has 254 valence electrons. The lowest BCUT2D eigenvalue weighted by atomic mass is 9.89. The van der Waals surface area contributed by atoms with Gasteiger partial charge in [-0.2, -0.15) is 0 Å². The summed E-state index contributed by atoms with van der Waals surface area (Å²) in [4.78, 5) is 0. The molecule has 1 aromatic heterocycles. The predicted molar refractivity (Wildman–Crippen MR) is 237 cm³/mol. The number of fused-ring (bicyclic) bond motifs is 15. The monoisotopic (exact) mass is 695 g/mol. The molecule has 0 aliphatic rings. The normalized spacial score (nSPS) is 12.0. The summed E-state index contributed by atoms with van der Waals surface area (Å²) in [6.45, 7) is 0. The highest BCUT2D eigenvalue weighted by Gasteiger charge is 2.20. The van der Waals surface area contributed by atoms with E-state index in [1.807, 2.05) is 0 Å². The van der Waals surface area contributed by atoms with Crippen LogP contribution in [0, 0.1) is 0 Å². The molecule has 0 amide bonds. The molecule has 0 aliphatic heterocycles. The molecule has 12 aromatic rings. The average Bonchev–Trinajstić information content (AvgIpc) is 3.60. The number of aromatic nitrogens is 1. The van der Waals surface area contributed by atoms with Crippen molar-refractivity contribution >= 4 is 86.4 Å². The molecule has 0 unspecified atom stereocenters. The fourth-order valence-electron chi connectivity index (χ4n) is 9.49. The molecule has 55 heavy (non-hydrogen) atoms. The van der Waals surface area contributed by atoms with E-state index >= 15 is 0 Å². The first kappa shape index (κ1) is 30.3. The van der Waals surface area contributed by atoms with Gasteiger partial charge in [-0.25, -0.2) is 0 Å². The van der Waals surface area contributed by atoms with Gasteiger partial charge >= 0.3 is 0 Å². The first-order valence-corrected chi connectivity index (χ1v) is 19.1. The first-order chi connectivity index (χ1) is 27.3. The summed E-state index contributed by atoms with van der Waals surface area (Å²) in [7, 11) is 0. The molecule has 1 heterocycles. The van der Waals surface area contributed by atoms with Crippen molar-refractivity contribution in [1.82, 2.24) is 4.57 Å². The highest BCUT2D eigenvalue weighted by Crippen LogP contribution is 2.45. The standard InChI is InChI=1S/C54H33N/c1-2-14-37(15-3-1)55-53-25-13-12-24-48(53)52-33-36(34-26-28-46-42-20-6-4-16-38(42)40-18-8-10-22-44(40)50(46)30-34)32-49(54(52)55)35-27-29-47-43-21-7-5-17-39(43)41-19-9-11-23-45(41)51(47)31-35/h1-33H. The Bertz CT molecular complexity index is 3460. The van der Waals surface area contributed by atoms with E-state index in [1.54, 1.807) is 0 Å². The minimum Gasteiger partial charge on any atom is -0.309 e. The second kappa shape index (κ2) is 11.6. The quantitative estimate of drug-likeness (QED) is 0.162. The first-order valence-electron chi connectivity index (χ1n) is 19.1. The zero-order valence-electron chi connectivity index (χ0n) is 30.0. The van der Waals surface area contributed by atoms with Crippen LogP contribution in [0.4, 0.5) is 0 Å². The third kappa shape index (κ3) is 4.41. The Morgan fingerprint density at radius 2 is 0.618 bits per heavy atom. The summed E-state index contributed by atoms with van der Waals surface area (Å²) in [5.74, 6) is 0. The van der Waals surface area contributed by atoms with Crippen molar-refractivity contribution in [3.63, 3.8) is 0 Å². The molecule has 0 N–H and O–H groups in total. The summed E-state index contributed by atoms with van der Waals surface area (Å²) < 4.78 is 2.46. The van der Waals surface area contributed by atoms with Crippen molar-refractivity contribution in [1.29, 1.82) is 0 Å². The van der Waals surface area contributed by atoms with Crippen molar-refractivity contribution in [2.24, 2.45) is 0 Å². The maximum Gasteiger partial charge on any atom is 0.0619 e. The van der Waals surface area contributed by atoms with Crippen LogP contribution in [0.1, 0.15) is 0 Å². The molecule has 0 spiro atoms. The molecule has 0 saturated heterocycles. The van der Waals surface area contributed by atoms with Crippen LogP contribution in [0.5, 0.6) is 0 Å². The van der Waals surface area contributed by atoms with Gasteiger partial charge in [0.15, 0.2) is 0 Å². The van der Waals surface area contributed by atoms with Crippen LogP contribution in [0.2, 0.25) is 0 Å². The Labute approximate surface area is 317 Å². The summed E-state index contributed by atoms with van der Waals surface area (Å²) >= 11 is 0. The van der Waals surface area contributed by atoms with Crippen molar-refractivity contribution < 1.29 is 0 Å². The highest BCUT2D eigenvalue weighted by atomic mass is 15.0. The van der Waals surface area contributed by atoms with Crippen molar-refractivity contribution in [2.75, 3.05) is 0 Å². The maximum atomic E-state index is 2.46. The van der Waals surface area contributed by atoms with E-state index in [9.17, 15) is 0 Å². The Balaban J connectivity index is 1.21. The van der Waals surface area contributed by atoms with Gasteiger partial charge in [-0.05, 0) is 124 Å². The molecular formula is C54H33N. The van der Waals surface area contributed by atoms with Gasteiger partial charge in [-0.15, -0.1) is 0 Å². The fraction of sp³-hybridized carbons (Fsp3) is 0. The van der Waals surface area contributed by atoms with E-state index < -0.39 is 0 Å². The van der Waals surface area contributed by atoms with Crippen molar-refractivity contribution in [3.8, 4) is 27.9 Å². The van der Waals surface area contributed by atoms with E-state index in [-0.39, 0.29) is 0 Å². The second-order valence-corrected chi connectivity index (χ2v) is 14.8. The van der Waals surface area contributed by atoms with Gasteiger partial charge in [0, 0.05) is 22.0 Å². The molecular weight excluding hydrogens is 663 g/mol. The molecule has 1 nitrogen and oxygen atoms in total. The van der Waals surface area contributed by atoms with Gasteiger partial charge < -0.3 is 4.57 Å². The molecule has 0 atom stereocenters. The fourth-order valence-corrected chi connectivity index (χ4v) is 9.49. The van der Waals surface area contributed by atoms with Crippen LogP contribution >= 0.6 is 0 Å². The third-order valence-electron chi connectivity index (χ3n) is 11.9. The summed E-state index contributed by atoms with van der Waals surface area (Å²) in [5, 5.41) is 17.9. The minimum atomic E-state index is 1.16. The smallest absolute Gasteiger partial charge is 0.0619 e. The number of benzene rings is 11. The van der Waals surface area contributed by atoms with Crippen LogP contribution < -0.4 is 0 Å². The Morgan fingerprint density at radius 3 is 1.15 bits per heavy atom. The average molecular weight is 696 g/mol. The largest absolute Gasteiger partial charge is 0.309 e. The lowest BCUT2D eigenvalue weighted by Gasteiger charge is -2.16. The van der Waals surface area contributed by atoms with E-state index in [0.29, 0.717) is 0 Å². The SMILES string of the molecule is c1ccc(-n2c3ccccc3c3cc(-c4ccc5c6ccccc6c6ccccc6c5c4)cc(-c4ccc5c6ccccc6c6ccccc6c5c4)c32)cc1. The van der Waals surface area contributed by atoms with Crippen LogP contribution in [0.25, 0.3) is 114 Å². The Kier molecular flexibility index (Phi) is 6.40. The number of rotatable bonds is 3. The van der Waals surface area contributed by atoms with Gasteiger partial charge in [-0.3, -0.25) is 0 Å². The lowest BCUT2D eigenvalue weighted by Crippen LogP contribution is -1.96. The third-order valence-corrected chi connectivity index (χ3v) is 11.9. The summed E-state index contributed by atoms with van der Waals surface area (Å²) in [6.07, 6.45) is 0.